The van der Waals surface area contributed by atoms with Gasteiger partial charge in [0.15, 0.2) is 0 Å². The monoisotopic (exact) mass is 379 g/mol. The van der Waals surface area contributed by atoms with Crippen molar-refractivity contribution in [2.24, 2.45) is 0 Å². The SMILES string of the molecule is OCCCCOc1cc(CCCN2CCCCC2)cc(OCCCCO)c1. The first-order valence-electron chi connectivity index (χ1n) is 10.7. The van der Waals surface area contributed by atoms with Crippen LogP contribution >= 0.6 is 0 Å². The van der Waals surface area contributed by atoms with E-state index in [1.165, 1.54) is 37.9 Å². The molecule has 1 aromatic rings. The molecule has 0 spiro atoms. The average Bonchev–Trinajstić information content (AvgIpc) is 2.69. The van der Waals surface area contributed by atoms with Gasteiger partial charge in [-0.15, -0.1) is 0 Å². The molecule has 0 saturated carbocycles. The Bertz CT molecular complexity index is 473. The maximum atomic E-state index is 8.90. The topological polar surface area (TPSA) is 62.2 Å². The van der Waals surface area contributed by atoms with Crippen LogP contribution in [-0.4, -0.2) is 61.2 Å². The second-order valence-corrected chi connectivity index (χ2v) is 7.38. The number of aryl methyl sites for hydroxylation is 1. The molecule has 1 aliphatic rings. The summed E-state index contributed by atoms with van der Waals surface area (Å²) in [4.78, 5) is 2.57. The summed E-state index contributed by atoms with van der Waals surface area (Å²) in [6.45, 7) is 5.29. The van der Waals surface area contributed by atoms with Crippen molar-refractivity contribution < 1.29 is 19.7 Å². The van der Waals surface area contributed by atoms with Gasteiger partial charge in [-0.2, -0.15) is 0 Å². The highest BCUT2D eigenvalue weighted by molar-refractivity contribution is 5.38. The quantitative estimate of drug-likeness (QED) is 0.485. The van der Waals surface area contributed by atoms with Gasteiger partial charge in [0.25, 0.3) is 0 Å². The normalized spacial score (nSPS) is 15.0. The largest absolute Gasteiger partial charge is 0.493 e. The van der Waals surface area contributed by atoms with Crippen LogP contribution in [0.2, 0.25) is 0 Å². The predicted octanol–water partition coefficient (Wildman–Crippen LogP) is 3.41. The zero-order valence-electron chi connectivity index (χ0n) is 16.7. The third kappa shape index (κ3) is 9.45. The second-order valence-electron chi connectivity index (χ2n) is 7.38. The Morgan fingerprint density at radius 3 is 1.89 bits per heavy atom. The minimum atomic E-state index is 0.207. The molecular formula is C22H37NO4. The van der Waals surface area contributed by atoms with Crippen LogP contribution in [-0.2, 0) is 6.42 Å². The van der Waals surface area contributed by atoms with Gasteiger partial charge in [-0.1, -0.05) is 6.42 Å². The van der Waals surface area contributed by atoms with Crippen molar-refractivity contribution in [2.75, 3.05) is 46.1 Å². The van der Waals surface area contributed by atoms with Crippen molar-refractivity contribution >= 4 is 0 Å². The van der Waals surface area contributed by atoms with E-state index in [-0.39, 0.29) is 13.2 Å². The van der Waals surface area contributed by atoms with Crippen LogP contribution in [0, 0.1) is 0 Å². The fourth-order valence-electron chi connectivity index (χ4n) is 3.44. The minimum Gasteiger partial charge on any atom is -0.493 e. The Hall–Kier alpha value is -1.30. The van der Waals surface area contributed by atoms with Crippen LogP contribution in [0.4, 0.5) is 0 Å². The summed E-state index contributed by atoms with van der Waals surface area (Å²) in [6, 6.07) is 6.19. The number of unbranched alkanes of at least 4 members (excludes halogenated alkanes) is 2. The van der Waals surface area contributed by atoms with Gasteiger partial charge in [0.2, 0.25) is 0 Å². The number of hydrogen-bond donors (Lipinski definition) is 2. The molecule has 0 aliphatic carbocycles. The number of rotatable bonds is 14. The molecule has 2 N–H and O–H groups in total. The lowest BCUT2D eigenvalue weighted by Gasteiger charge is -2.26. The molecule has 0 radical (unpaired) electrons. The first-order valence-corrected chi connectivity index (χ1v) is 10.7. The molecule has 27 heavy (non-hydrogen) atoms. The standard InChI is InChI=1S/C22H37NO4/c24-13-4-6-15-26-21-17-20(9-8-12-23-10-2-1-3-11-23)18-22(19-21)27-16-7-5-14-25/h17-19,24-25H,1-16H2. The number of ether oxygens (including phenoxy) is 2. The van der Waals surface area contributed by atoms with Crippen molar-refractivity contribution in [2.45, 2.75) is 57.8 Å². The molecule has 1 heterocycles. The van der Waals surface area contributed by atoms with E-state index in [4.69, 9.17) is 19.7 Å². The van der Waals surface area contributed by atoms with Gasteiger partial charge in [0, 0.05) is 19.3 Å². The molecule has 0 bridgehead atoms. The minimum absolute atomic E-state index is 0.207. The van der Waals surface area contributed by atoms with Gasteiger partial charge >= 0.3 is 0 Å². The van der Waals surface area contributed by atoms with Crippen molar-refractivity contribution in [3.05, 3.63) is 23.8 Å². The fourth-order valence-corrected chi connectivity index (χ4v) is 3.44. The van der Waals surface area contributed by atoms with E-state index >= 15 is 0 Å². The number of benzene rings is 1. The maximum Gasteiger partial charge on any atom is 0.123 e. The first kappa shape index (κ1) is 22.0. The summed E-state index contributed by atoms with van der Waals surface area (Å²) in [6.07, 6.45) is 9.45. The van der Waals surface area contributed by atoms with Gasteiger partial charge < -0.3 is 24.6 Å². The third-order valence-corrected chi connectivity index (χ3v) is 4.97. The number of hydrogen-bond acceptors (Lipinski definition) is 5. The number of aliphatic hydroxyl groups excluding tert-OH is 2. The van der Waals surface area contributed by atoms with E-state index in [1.807, 2.05) is 6.07 Å². The van der Waals surface area contributed by atoms with Crippen molar-refractivity contribution in [1.29, 1.82) is 0 Å². The zero-order valence-corrected chi connectivity index (χ0v) is 16.7. The molecule has 0 amide bonds. The second kappa shape index (κ2) is 13.8. The Labute approximate surface area is 164 Å². The van der Waals surface area contributed by atoms with Gasteiger partial charge in [-0.25, -0.2) is 0 Å². The Balaban J connectivity index is 1.86. The van der Waals surface area contributed by atoms with Crippen LogP contribution in [0.25, 0.3) is 0 Å². The van der Waals surface area contributed by atoms with E-state index in [2.05, 4.69) is 17.0 Å². The van der Waals surface area contributed by atoms with E-state index in [0.717, 1.165) is 56.6 Å². The average molecular weight is 380 g/mol. The molecule has 5 heteroatoms. The van der Waals surface area contributed by atoms with Gasteiger partial charge in [-0.05, 0) is 88.7 Å². The highest BCUT2D eigenvalue weighted by Crippen LogP contribution is 2.25. The summed E-state index contributed by atoms with van der Waals surface area (Å²) in [5.74, 6) is 1.70. The molecule has 1 aromatic carbocycles. The van der Waals surface area contributed by atoms with E-state index in [0.29, 0.717) is 13.2 Å². The number of likely N-dealkylation sites (tertiary alicyclic amines) is 1. The summed E-state index contributed by atoms with van der Waals surface area (Å²) >= 11 is 0. The lowest BCUT2D eigenvalue weighted by molar-refractivity contribution is 0.226. The van der Waals surface area contributed by atoms with E-state index in [1.54, 1.807) is 0 Å². The molecule has 154 valence electrons. The Morgan fingerprint density at radius 2 is 1.33 bits per heavy atom. The third-order valence-electron chi connectivity index (χ3n) is 4.97. The number of aliphatic hydroxyl groups is 2. The molecule has 0 atom stereocenters. The highest BCUT2D eigenvalue weighted by atomic mass is 16.5. The molecule has 0 unspecified atom stereocenters. The summed E-state index contributed by atoms with van der Waals surface area (Å²) in [5.41, 5.74) is 1.25. The Kier molecular flexibility index (Phi) is 11.2. The van der Waals surface area contributed by atoms with Crippen molar-refractivity contribution in [1.82, 2.24) is 4.90 Å². The molecule has 0 aromatic heterocycles. The van der Waals surface area contributed by atoms with Gasteiger partial charge in [-0.3, -0.25) is 0 Å². The van der Waals surface area contributed by atoms with Crippen LogP contribution in [0.15, 0.2) is 18.2 Å². The van der Waals surface area contributed by atoms with Crippen LogP contribution in [0.3, 0.4) is 0 Å². The summed E-state index contributed by atoms with van der Waals surface area (Å²) < 4.78 is 11.7. The fraction of sp³-hybridized carbons (Fsp3) is 0.727. The zero-order chi connectivity index (χ0) is 19.2. The molecule has 5 nitrogen and oxygen atoms in total. The van der Waals surface area contributed by atoms with Gasteiger partial charge in [0.1, 0.15) is 11.5 Å². The summed E-state index contributed by atoms with van der Waals surface area (Å²) in [5, 5.41) is 17.8. The lowest BCUT2D eigenvalue weighted by Crippen LogP contribution is -2.30. The molecule has 1 saturated heterocycles. The van der Waals surface area contributed by atoms with Crippen LogP contribution in [0.1, 0.15) is 56.9 Å². The van der Waals surface area contributed by atoms with Crippen molar-refractivity contribution in [3.8, 4) is 11.5 Å². The number of nitrogens with zero attached hydrogens (tertiary/aromatic N) is 1. The van der Waals surface area contributed by atoms with Gasteiger partial charge in [0.05, 0.1) is 13.2 Å². The van der Waals surface area contributed by atoms with E-state index in [9.17, 15) is 0 Å². The lowest BCUT2D eigenvalue weighted by atomic mass is 10.1. The smallest absolute Gasteiger partial charge is 0.123 e. The molecule has 1 aliphatic heterocycles. The maximum absolute atomic E-state index is 8.90. The first-order chi connectivity index (χ1) is 13.3. The van der Waals surface area contributed by atoms with Crippen molar-refractivity contribution in [3.63, 3.8) is 0 Å². The van der Waals surface area contributed by atoms with E-state index < -0.39 is 0 Å². The molecule has 2 rings (SSSR count). The molecular weight excluding hydrogens is 342 g/mol. The molecule has 1 fully saturated rings. The predicted molar refractivity (Wildman–Crippen MR) is 109 cm³/mol. The Morgan fingerprint density at radius 1 is 0.741 bits per heavy atom. The summed E-state index contributed by atoms with van der Waals surface area (Å²) in [7, 11) is 0. The highest BCUT2D eigenvalue weighted by Gasteiger charge is 2.10. The van der Waals surface area contributed by atoms with Crippen LogP contribution in [0.5, 0.6) is 11.5 Å². The number of piperidine rings is 1. The van der Waals surface area contributed by atoms with Crippen LogP contribution < -0.4 is 9.47 Å².